The molecule has 0 amide bonds. The highest BCUT2D eigenvalue weighted by atomic mass is 19.1. The van der Waals surface area contributed by atoms with Gasteiger partial charge in [-0.05, 0) is 31.0 Å². The van der Waals surface area contributed by atoms with Crippen molar-refractivity contribution in [2.75, 3.05) is 0 Å². The van der Waals surface area contributed by atoms with Crippen LogP contribution in [0.25, 0.3) is 22.3 Å². The predicted octanol–water partition coefficient (Wildman–Crippen LogP) is 4.08. The van der Waals surface area contributed by atoms with E-state index >= 15 is 0 Å². The summed E-state index contributed by atoms with van der Waals surface area (Å²) < 4.78 is 24.8. The van der Waals surface area contributed by atoms with Gasteiger partial charge in [0.15, 0.2) is 11.4 Å². The molecule has 1 saturated carbocycles. The number of rotatable bonds is 4. The van der Waals surface area contributed by atoms with E-state index in [1.165, 1.54) is 18.9 Å². The van der Waals surface area contributed by atoms with Gasteiger partial charge in [-0.25, -0.2) is 4.39 Å². The Labute approximate surface area is 115 Å². The standard InChI is InChI=1S/C16H14FNO2/c17-13-3-1-2-10-8-14(20-16(10)13)12-6-7-19-15(12)9-18-11-4-5-11/h1-3,6-8,11,18H,4-5,9H2. The van der Waals surface area contributed by atoms with Gasteiger partial charge < -0.3 is 14.2 Å². The zero-order valence-electron chi connectivity index (χ0n) is 10.9. The Kier molecular flexibility index (Phi) is 2.63. The second kappa shape index (κ2) is 4.49. The van der Waals surface area contributed by atoms with Crippen molar-refractivity contribution in [3.05, 3.63) is 48.2 Å². The van der Waals surface area contributed by atoms with Gasteiger partial charge >= 0.3 is 0 Å². The van der Waals surface area contributed by atoms with E-state index in [0.717, 1.165) is 16.7 Å². The van der Waals surface area contributed by atoms with Crippen LogP contribution in [0.2, 0.25) is 0 Å². The topological polar surface area (TPSA) is 38.3 Å². The molecule has 0 atom stereocenters. The van der Waals surface area contributed by atoms with Crippen LogP contribution in [-0.2, 0) is 6.54 Å². The molecule has 0 saturated heterocycles. The summed E-state index contributed by atoms with van der Waals surface area (Å²) in [6.07, 6.45) is 4.10. The molecule has 2 heterocycles. The van der Waals surface area contributed by atoms with E-state index in [1.54, 1.807) is 12.3 Å². The Morgan fingerprint density at radius 2 is 2.15 bits per heavy atom. The molecule has 3 aromatic rings. The largest absolute Gasteiger partial charge is 0.467 e. The van der Waals surface area contributed by atoms with Crippen molar-refractivity contribution in [2.24, 2.45) is 0 Å². The molecule has 1 aliphatic rings. The first-order chi connectivity index (χ1) is 9.81. The van der Waals surface area contributed by atoms with Crippen molar-refractivity contribution in [1.29, 1.82) is 0 Å². The molecule has 1 aromatic carbocycles. The predicted molar refractivity (Wildman–Crippen MR) is 73.7 cm³/mol. The van der Waals surface area contributed by atoms with Crippen molar-refractivity contribution in [2.45, 2.75) is 25.4 Å². The lowest BCUT2D eigenvalue weighted by Gasteiger charge is -2.01. The van der Waals surface area contributed by atoms with Gasteiger partial charge in [-0.3, -0.25) is 0 Å². The van der Waals surface area contributed by atoms with Crippen LogP contribution in [0.3, 0.4) is 0 Å². The molecule has 102 valence electrons. The van der Waals surface area contributed by atoms with Gasteiger partial charge in [-0.1, -0.05) is 12.1 Å². The molecular weight excluding hydrogens is 257 g/mol. The lowest BCUT2D eigenvalue weighted by atomic mass is 10.1. The molecule has 0 aliphatic heterocycles. The fourth-order valence-corrected chi connectivity index (χ4v) is 2.38. The van der Waals surface area contributed by atoms with Crippen molar-refractivity contribution < 1.29 is 13.2 Å². The first-order valence-corrected chi connectivity index (χ1v) is 6.79. The van der Waals surface area contributed by atoms with E-state index in [9.17, 15) is 4.39 Å². The van der Waals surface area contributed by atoms with E-state index in [0.29, 0.717) is 23.9 Å². The quantitative estimate of drug-likeness (QED) is 0.777. The van der Waals surface area contributed by atoms with E-state index in [-0.39, 0.29) is 5.82 Å². The summed E-state index contributed by atoms with van der Waals surface area (Å²) in [5.74, 6) is 1.14. The van der Waals surface area contributed by atoms with Crippen LogP contribution in [0.15, 0.2) is 45.4 Å². The average Bonchev–Trinajstić information content (AvgIpc) is 2.99. The average molecular weight is 271 g/mol. The minimum atomic E-state index is -0.338. The van der Waals surface area contributed by atoms with E-state index in [4.69, 9.17) is 8.83 Å². The Hall–Kier alpha value is -2.07. The van der Waals surface area contributed by atoms with Crippen LogP contribution in [0.4, 0.5) is 4.39 Å². The van der Waals surface area contributed by atoms with Crippen LogP contribution >= 0.6 is 0 Å². The number of fused-ring (bicyclic) bond motifs is 1. The minimum absolute atomic E-state index is 0.296. The van der Waals surface area contributed by atoms with Crippen LogP contribution in [0.5, 0.6) is 0 Å². The number of benzene rings is 1. The van der Waals surface area contributed by atoms with Crippen molar-refractivity contribution in [3.8, 4) is 11.3 Å². The summed E-state index contributed by atoms with van der Waals surface area (Å²) in [6, 6.07) is 9.25. The third-order valence-corrected chi connectivity index (χ3v) is 3.64. The summed E-state index contributed by atoms with van der Waals surface area (Å²) >= 11 is 0. The Balaban J connectivity index is 1.71. The first kappa shape index (κ1) is 11.7. The molecule has 2 aromatic heterocycles. The summed E-state index contributed by atoms with van der Waals surface area (Å²) in [7, 11) is 0. The molecule has 1 N–H and O–H groups in total. The van der Waals surface area contributed by atoms with Crippen LogP contribution in [0.1, 0.15) is 18.6 Å². The summed E-state index contributed by atoms with van der Waals surface area (Å²) in [6.45, 7) is 0.673. The Morgan fingerprint density at radius 3 is 2.95 bits per heavy atom. The monoisotopic (exact) mass is 271 g/mol. The lowest BCUT2D eigenvalue weighted by molar-refractivity contribution is 0.481. The van der Waals surface area contributed by atoms with Crippen LogP contribution in [-0.4, -0.2) is 6.04 Å². The summed E-state index contributed by atoms with van der Waals surface area (Å²) in [5, 5.41) is 4.17. The van der Waals surface area contributed by atoms with Gasteiger partial charge in [0.05, 0.1) is 18.4 Å². The maximum atomic E-state index is 13.7. The SMILES string of the molecule is Fc1cccc2cc(-c3ccoc3CNC3CC3)oc12. The highest BCUT2D eigenvalue weighted by Crippen LogP contribution is 2.32. The zero-order valence-corrected chi connectivity index (χ0v) is 10.9. The fraction of sp³-hybridized carbons (Fsp3) is 0.250. The molecule has 0 unspecified atom stereocenters. The zero-order chi connectivity index (χ0) is 13.5. The second-order valence-corrected chi connectivity index (χ2v) is 5.18. The van der Waals surface area contributed by atoms with Crippen LogP contribution < -0.4 is 5.32 Å². The van der Waals surface area contributed by atoms with Crippen molar-refractivity contribution in [1.82, 2.24) is 5.32 Å². The minimum Gasteiger partial charge on any atom is -0.467 e. The highest BCUT2D eigenvalue weighted by Gasteiger charge is 2.22. The third-order valence-electron chi connectivity index (χ3n) is 3.64. The molecule has 1 aliphatic carbocycles. The molecule has 4 heteroatoms. The normalized spacial score (nSPS) is 15.1. The maximum Gasteiger partial charge on any atom is 0.170 e. The van der Waals surface area contributed by atoms with Gasteiger partial charge in [-0.2, -0.15) is 0 Å². The maximum absolute atomic E-state index is 13.7. The van der Waals surface area contributed by atoms with E-state index in [2.05, 4.69) is 5.32 Å². The van der Waals surface area contributed by atoms with Gasteiger partial charge in [-0.15, -0.1) is 0 Å². The highest BCUT2D eigenvalue weighted by molar-refractivity contribution is 5.83. The first-order valence-electron chi connectivity index (χ1n) is 6.79. The van der Waals surface area contributed by atoms with Gasteiger partial charge in [0.1, 0.15) is 11.5 Å². The summed E-state index contributed by atoms with van der Waals surface area (Å²) in [5.41, 5.74) is 1.18. The molecule has 0 radical (unpaired) electrons. The number of hydrogen-bond donors (Lipinski definition) is 1. The fourth-order valence-electron chi connectivity index (χ4n) is 2.38. The molecular formula is C16H14FNO2. The number of hydrogen-bond acceptors (Lipinski definition) is 3. The van der Waals surface area contributed by atoms with Crippen molar-refractivity contribution in [3.63, 3.8) is 0 Å². The molecule has 4 rings (SSSR count). The van der Waals surface area contributed by atoms with Crippen molar-refractivity contribution >= 4 is 11.0 Å². The molecule has 3 nitrogen and oxygen atoms in total. The Morgan fingerprint density at radius 1 is 1.25 bits per heavy atom. The second-order valence-electron chi connectivity index (χ2n) is 5.18. The molecule has 1 fully saturated rings. The number of halogens is 1. The lowest BCUT2D eigenvalue weighted by Crippen LogP contribution is -2.15. The smallest absolute Gasteiger partial charge is 0.170 e. The van der Waals surface area contributed by atoms with Gasteiger partial charge in [0.25, 0.3) is 0 Å². The van der Waals surface area contributed by atoms with Gasteiger partial charge in [0, 0.05) is 11.4 Å². The number of furan rings is 2. The van der Waals surface area contributed by atoms with E-state index in [1.807, 2.05) is 18.2 Å². The number of nitrogens with one attached hydrogen (secondary N) is 1. The molecule has 20 heavy (non-hydrogen) atoms. The van der Waals surface area contributed by atoms with Gasteiger partial charge in [0.2, 0.25) is 0 Å². The molecule has 0 spiro atoms. The molecule has 0 bridgehead atoms. The van der Waals surface area contributed by atoms with E-state index < -0.39 is 0 Å². The summed E-state index contributed by atoms with van der Waals surface area (Å²) in [4.78, 5) is 0. The Bertz CT molecular complexity index is 755. The van der Waals surface area contributed by atoms with Crippen LogP contribution in [0, 0.1) is 5.82 Å². The third kappa shape index (κ3) is 2.02. The number of para-hydroxylation sites is 1.